The molecule has 0 aliphatic carbocycles. The van der Waals surface area contributed by atoms with Crippen molar-refractivity contribution >= 4 is 17.0 Å². The lowest BCUT2D eigenvalue weighted by Gasteiger charge is -2.01. The lowest BCUT2D eigenvalue weighted by atomic mass is 10.2. The molecule has 0 aliphatic heterocycles. The molecule has 0 atom stereocenters. The third-order valence-electron chi connectivity index (χ3n) is 1.38. The summed E-state index contributed by atoms with van der Waals surface area (Å²) in [5, 5.41) is 1.61. The van der Waals surface area contributed by atoms with Crippen LogP contribution in [0.15, 0.2) is 24.3 Å². The van der Waals surface area contributed by atoms with Gasteiger partial charge in [-0.2, -0.15) is 0 Å². The van der Waals surface area contributed by atoms with Gasteiger partial charge in [0.1, 0.15) is 5.82 Å². The highest BCUT2D eigenvalue weighted by Crippen LogP contribution is 2.05. The van der Waals surface area contributed by atoms with E-state index in [0.29, 0.717) is 5.56 Å². The summed E-state index contributed by atoms with van der Waals surface area (Å²) in [7, 11) is 0. The lowest BCUT2D eigenvalue weighted by Crippen LogP contribution is -2.16. The Bertz CT molecular complexity index is 290. The van der Waals surface area contributed by atoms with Gasteiger partial charge in [-0.25, -0.2) is 4.39 Å². The van der Waals surface area contributed by atoms with E-state index < -0.39 is 5.37 Å². The molecule has 0 unspecified atom stereocenters. The first-order chi connectivity index (χ1) is 5.70. The van der Waals surface area contributed by atoms with Crippen LogP contribution in [0.3, 0.4) is 0 Å². The molecule has 0 saturated heterocycles. The Kier molecular flexibility index (Phi) is 3.05. The van der Waals surface area contributed by atoms with E-state index in [9.17, 15) is 9.18 Å². The zero-order chi connectivity index (χ0) is 8.97. The largest absolute Gasteiger partial charge is 0.338 e. The summed E-state index contributed by atoms with van der Waals surface area (Å²) in [5.41, 5.74) is 0.423. The molecule has 1 N–H and O–H groups in total. The molecule has 1 rings (SSSR count). The van der Waals surface area contributed by atoms with E-state index in [2.05, 4.69) is 5.32 Å². The van der Waals surface area contributed by atoms with Crippen molar-refractivity contribution in [3.8, 4) is 0 Å². The van der Waals surface area contributed by atoms with Crippen LogP contribution in [-0.4, -0.2) is 5.37 Å². The van der Waals surface area contributed by atoms with Gasteiger partial charge in [-0.15, -0.1) is 0 Å². The monoisotopic (exact) mass is 187 g/mol. The van der Waals surface area contributed by atoms with Gasteiger partial charge >= 0.3 is 5.37 Å². The molecular formula is C8H7ClFNO. The van der Waals surface area contributed by atoms with Crippen molar-refractivity contribution in [1.82, 2.24) is 5.32 Å². The maximum absolute atomic E-state index is 12.8. The average Bonchev–Trinajstić information content (AvgIpc) is 2.03. The van der Waals surface area contributed by atoms with Gasteiger partial charge in [-0.1, -0.05) is 18.2 Å². The minimum absolute atomic E-state index is 0.120. The third-order valence-corrected chi connectivity index (χ3v) is 1.51. The van der Waals surface area contributed by atoms with Crippen LogP contribution in [0.25, 0.3) is 0 Å². The zero-order valence-electron chi connectivity index (χ0n) is 6.18. The third kappa shape index (κ3) is 2.51. The van der Waals surface area contributed by atoms with Crippen LogP contribution in [0.5, 0.6) is 0 Å². The Balaban J connectivity index is 2.63. The first-order valence-corrected chi connectivity index (χ1v) is 3.74. The van der Waals surface area contributed by atoms with Crippen molar-refractivity contribution < 1.29 is 9.18 Å². The van der Waals surface area contributed by atoms with Crippen molar-refractivity contribution in [1.29, 1.82) is 0 Å². The van der Waals surface area contributed by atoms with Crippen LogP contribution < -0.4 is 5.32 Å². The molecule has 0 bridgehead atoms. The Morgan fingerprint density at radius 3 is 2.75 bits per heavy atom. The van der Waals surface area contributed by atoms with Gasteiger partial charge in [-0.05, 0) is 17.7 Å². The lowest BCUT2D eigenvalue weighted by molar-refractivity contribution is 0.259. The second kappa shape index (κ2) is 4.07. The smallest absolute Gasteiger partial charge is 0.314 e. The number of hydrogen-bond donors (Lipinski definition) is 1. The van der Waals surface area contributed by atoms with E-state index in [1.165, 1.54) is 6.07 Å². The highest BCUT2D eigenvalue weighted by atomic mass is 35.5. The van der Waals surface area contributed by atoms with Crippen molar-refractivity contribution in [3.05, 3.63) is 35.6 Å². The fraction of sp³-hybridized carbons (Fsp3) is 0.125. The molecule has 1 aromatic rings. The highest BCUT2D eigenvalue weighted by Gasteiger charge is 2.00. The molecule has 0 radical (unpaired) electrons. The van der Waals surface area contributed by atoms with Crippen molar-refractivity contribution in [2.24, 2.45) is 0 Å². The predicted molar refractivity (Wildman–Crippen MR) is 44.5 cm³/mol. The number of halogens is 2. The molecule has 2 nitrogen and oxygen atoms in total. The van der Waals surface area contributed by atoms with Gasteiger partial charge in [-0.3, -0.25) is 4.79 Å². The standard InChI is InChI=1S/C8H7ClFNO/c9-8(12)11-5-6-3-1-2-4-7(6)10/h1-4H,5H2,(H,11,12). The summed E-state index contributed by atoms with van der Waals surface area (Å²) in [6, 6.07) is 6.19. The van der Waals surface area contributed by atoms with Gasteiger partial charge in [0, 0.05) is 12.1 Å². The van der Waals surface area contributed by atoms with Crippen LogP contribution >= 0.6 is 11.6 Å². The van der Waals surface area contributed by atoms with Gasteiger partial charge in [0.25, 0.3) is 0 Å². The number of nitrogens with one attached hydrogen (secondary N) is 1. The maximum atomic E-state index is 12.8. The van der Waals surface area contributed by atoms with Crippen molar-refractivity contribution in [3.63, 3.8) is 0 Å². The summed E-state index contributed by atoms with van der Waals surface area (Å²) >= 11 is 5.01. The Labute approximate surface area is 74.3 Å². The van der Waals surface area contributed by atoms with Crippen LogP contribution in [0.1, 0.15) is 5.56 Å². The van der Waals surface area contributed by atoms with E-state index in [4.69, 9.17) is 11.6 Å². The first-order valence-electron chi connectivity index (χ1n) is 3.37. The summed E-state index contributed by atoms with van der Waals surface area (Å²) in [5.74, 6) is -0.345. The van der Waals surface area contributed by atoms with E-state index >= 15 is 0 Å². The summed E-state index contributed by atoms with van der Waals surface area (Å²) in [6.45, 7) is 0.120. The van der Waals surface area contributed by atoms with Crippen LogP contribution in [-0.2, 0) is 6.54 Å². The van der Waals surface area contributed by atoms with Crippen LogP contribution in [0.2, 0.25) is 0 Å². The molecule has 0 heterocycles. The Morgan fingerprint density at radius 1 is 1.50 bits per heavy atom. The van der Waals surface area contributed by atoms with Crippen molar-refractivity contribution in [2.75, 3.05) is 0 Å². The fourth-order valence-corrected chi connectivity index (χ4v) is 0.873. The molecule has 0 aromatic heterocycles. The molecule has 0 spiro atoms. The molecule has 4 heteroatoms. The molecule has 0 fully saturated rings. The molecule has 1 aromatic carbocycles. The molecule has 12 heavy (non-hydrogen) atoms. The van der Waals surface area contributed by atoms with Crippen LogP contribution in [0, 0.1) is 5.82 Å². The number of hydrogen-bond acceptors (Lipinski definition) is 1. The molecule has 1 amide bonds. The normalized spacial score (nSPS) is 9.50. The van der Waals surface area contributed by atoms with Crippen molar-refractivity contribution in [2.45, 2.75) is 6.54 Å². The molecule has 0 saturated carbocycles. The maximum Gasteiger partial charge on any atom is 0.314 e. The van der Waals surface area contributed by atoms with E-state index in [-0.39, 0.29) is 12.4 Å². The highest BCUT2D eigenvalue weighted by molar-refractivity contribution is 6.62. The van der Waals surface area contributed by atoms with E-state index in [1.807, 2.05) is 0 Å². The summed E-state index contributed by atoms with van der Waals surface area (Å²) in [6.07, 6.45) is 0. The van der Waals surface area contributed by atoms with Gasteiger partial charge in [0.15, 0.2) is 0 Å². The minimum Gasteiger partial charge on any atom is -0.338 e. The number of carbonyl (C=O) groups excluding carboxylic acids is 1. The predicted octanol–water partition coefficient (Wildman–Crippen LogP) is 2.27. The average molecular weight is 188 g/mol. The number of benzene rings is 1. The van der Waals surface area contributed by atoms with Gasteiger partial charge in [0.2, 0.25) is 0 Å². The molecular weight excluding hydrogens is 181 g/mol. The van der Waals surface area contributed by atoms with Crippen LogP contribution in [0.4, 0.5) is 9.18 Å². The summed E-state index contributed by atoms with van der Waals surface area (Å²) in [4.78, 5) is 10.3. The Morgan fingerprint density at radius 2 is 2.17 bits per heavy atom. The Hall–Kier alpha value is -1.09. The van der Waals surface area contributed by atoms with E-state index in [1.54, 1.807) is 18.2 Å². The SMILES string of the molecule is O=C(Cl)NCc1ccccc1F. The number of amides is 1. The van der Waals surface area contributed by atoms with Gasteiger partial charge in [0.05, 0.1) is 0 Å². The second-order valence-electron chi connectivity index (χ2n) is 2.22. The number of rotatable bonds is 2. The molecule has 0 aliphatic rings. The minimum atomic E-state index is -0.682. The van der Waals surface area contributed by atoms with E-state index in [0.717, 1.165) is 0 Å². The quantitative estimate of drug-likeness (QED) is 0.559. The topological polar surface area (TPSA) is 29.1 Å². The zero-order valence-corrected chi connectivity index (χ0v) is 6.94. The number of carbonyl (C=O) groups is 1. The second-order valence-corrected chi connectivity index (χ2v) is 2.56. The summed E-state index contributed by atoms with van der Waals surface area (Å²) < 4.78 is 12.8. The molecule has 64 valence electrons. The van der Waals surface area contributed by atoms with Gasteiger partial charge < -0.3 is 5.32 Å². The first kappa shape index (κ1) is 9.00. The fourth-order valence-electron chi connectivity index (χ4n) is 0.806.